The van der Waals surface area contributed by atoms with E-state index in [2.05, 4.69) is 35.2 Å². The van der Waals surface area contributed by atoms with Crippen molar-refractivity contribution in [2.24, 2.45) is 0 Å². The van der Waals surface area contributed by atoms with Gasteiger partial charge in [-0.05, 0) is 47.2 Å². The number of nitrogens with zero attached hydrogens (tertiary/aromatic N) is 2. The number of carbonyl (C=O) groups is 2. The van der Waals surface area contributed by atoms with E-state index in [4.69, 9.17) is 4.42 Å². The number of furan rings is 1. The maximum atomic E-state index is 12.8. The predicted octanol–water partition coefficient (Wildman–Crippen LogP) is 9.30. The minimum absolute atomic E-state index is 0.268. The van der Waals surface area contributed by atoms with E-state index in [1.165, 1.54) is 4.90 Å². The molecule has 0 saturated carbocycles. The summed E-state index contributed by atoms with van der Waals surface area (Å²) in [7, 11) is 0. The number of hydrogen-bond acceptors (Lipinski definition) is 5. The lowest BCUT2D eigenvalue weighted by atomic mass is 9.99. The van der Waals surface area contributed by atoms with E-state index in [-0.39, 0.29) is 16.1 Å². The monoisotopic (exact) mass is 538 g/mol. The first-order valence-corrected chi connectivity index (χ1v) is 13.7. The molecule has 0 atom stereocenters. The largest absolute Gasteiger partial charge is 0.440 e. The average molecular weight is 539 g/mol. The summed E-state index contributed by atoms with van der Waals surface area (Å²) >= 11 is 0.688. The van der Waals surface area contributed by atoms with Gasteiger partial charge < -0.3 is 4.42 Å². The molecule has 192 valence electrons. The molecule has 1 saturated heterocycles. The molecule has 1 amide bonds. The molecule has 6 heteroatoms. The molecule has 1 aromatic heterocycles. The van der Waals surface area contributed by atoms with Crippen LogP contribution in [0.15, 0.2) is 138 Å². The predicted molar refractivity (Wildman–Crippen MR) is 163 cm³/mol. The van der Waals surface area contributed by atoms with Gasteiger partial charge in [0.15, 0.2) is 0 Å². The van der Waals surface area contributed by atoms with Crippen molar-refractivity contribution < 1.29 is 14.0 Å². The van der Waals surface area contributed by atoms with Crippen molar-refractivity contribution in [2.75, 3.05) is 9.80 Å². The first-order chi connectivity index (χ1) is 19.7. The normalized spacial score (nSPS) is 14.5. The molecule has 0 bridgehead atoms. The summed E-state index contributed by atoms with van der Waals surface area (Å²) in [6.45, 7) is 0. The number of benzene rings is 5. The van der Waals surface area contributed by atoms with Gasteiger partial charge in [-0.2, -0.15) is 0 Å². The Morgan fingerprint density at radius 1 is 0.675 bits per heavy atom. The highest BCUT2D eigenvalue weighted by Crippen LogP contribution is 2.44. The number of anilines is 4. The molecular weight excluding hydrogens is 516 g/mol. The number of amides is 1. The second-order valence-corrected chi connectivity index (χ2v) is 10.3. The molecule has 1 aliphatic rings. The molecule has 1 fully saturated rings. The molecule has 7 rings (SSSR count). The van der Waals surface area contributed by atoms with E-state index < -0.39 is 0 Å². The van der Waals surface area contributed by atoms with Gasteiger partial charge >= 0.3 is 0 Å². The van der Waals surface area contributed by atoms with Gasteiger partial charge in [-0.15, -0.1) is 0 Å². The Bertz CT molecular complexity index is 1880. The van der Waals surface area contributed by atoms with Crippen LogP contribution in [0.1, 0.15) is 5.76 Å². The quantitative estimate of drug-likeness (QED) is 0.162. The lowest BCUT2D eigenvalue weighted by Crippen LogP contribution is -2.21. The summed E-state index contributed by atoms with van der Waals surface area (Å²) < 4.78 is 6.43. The van der Waals surface area contributed by atoms with Gasteiger partial charge in [0.05, 0.1) is 5.69 Å². The lowest BCUT2D eigenvalue weighted by molar-refractivity contribution is -0.107. The van der Waals surface area contributed by atoms with E-state index in [9.17, 15) is 9.59 Å². The molecule has 6 aromatic rings. The van der Waals surface area contributed by atoms with Crippen molar-refractivity contribution in [3.05, 3.63) is 139 Å². The summed E-state index contributed by atoms with van der Waals surface area (Å²) in [5, 5.41) is 3.77. The first kappa shape index (κ1) is 24.0. The van der Waals surface area contributed by atoms with E-state index in [0.717, 1.165) is 32.9 Å². The van der Waals surface area contributed by atoms with Crippen molar-refractivity contribution in [1.82, 2.24) is 0 Å². The number of fused-ring (bicyclic) bond motifs is 2. The minimum Gasteiger partial charge on any atom is -0.440 e. The highest BCUT2D eigenvalue weighted by molar-refractivity contribution is 8.27. The van der Waals surface area contributed by atoms with Crippen molar-refractivity contribution in [1.29, 1.82) is 0 Å². The van der Waals surface area contributed by atoms with Crippen LogP contribution in [0.4, 0.5) is 27.7 Å². The number of rotatable bonds is 5. The molecule has 1 aliphatic heterocycles. The molecule has 2 heterocycles. The van der Waals surface area contributed by atoms with Crippen LogP contribution in [0.2, 0.25) is 0 Å². The van der Waals surface area contributed by atoms with Crippen molar-refractivity contribution in [2.45, 2.75) is 0 Å². The Hall–Kier alpha value is -5.07. The standard InChI is InChI=1S/C34H22N2O3S/c37-33-30(35(34(38)40-33)25-13-3-1-4-14-25)22-27-19-20-31(39-27)36(26-15-5-2-6-16-26)32-28-17-9-7-11-23(28)21-24-12-8-10-18-29(24)32/h1-22H/b30-22+. The Morgan fingerprint density at radius 3 is 1.95 bits per heavy atom. The summed E-state index contributed by atoms with van der Waals surface area (Å²) in [6, 6.07) is 41.8. The molecule has 5 aromatic carbocycles. The number of carbonyl (C=O) groups excluding carboxylic acids is 2. The zero-order valence-electron chi connectivity index (χ0n) is 21.2. The molecule has 0 N–H and O–H groups in total. The van der Waals surface area contributed by atoms with E-state index in [1.807, 2.05) is 84.9 Å². The van der Waals surface area contributed by atoms with Crippen LogP contribution >= 0.6 is 11.8 Å². The fourth-order valence-electron chi connectivity index (χ4n) is 5.16. The van der Waals surface area contributed by atoms with Crippen molar-refractivity contribution >= 4 is 72.7 Å². The number of hydrogen-bond donors (Lipinski definition) is 0. The molecule has 0 aliphatic carbocycles. The third-order valence-electron chi connectivity index (χ3n) is 6.92. The van der Waals surface area contributed by atoms with Gasteiger partial charge in [-0.3, -0.25) is 19.4 Å². The van der Waals surface area contributed by atoms with Gasteiger partial charge in [0.25, 0.3) is 5.24 Å². The second-order valence-electron chi connectivity index (χ2n) is 9.37. The summed E-state index contributed by atoms with van der Waals surface area (Å²) in [4.78, 5) is 29.1. The summed E-state index contributed by atoms with van der Waals surface area (Å²) in [5.41, 5.74) is 2.84. The van der Waals surface area contributed by atoms with E-state index in [1.54, 1.807) is 18.2 Å². The van der Waals surface area contributed by atoms with Gasteiger partial charge in [0, 0.05) is 46.1 Å². The SMILES string of the molecule is O=C1SC(=O)N(c2ccccc2)/C1=C/c1ccc(N(c2ccccc2)c2c3ccccc3cc3ccccc23)o1. The maximum absolute atomic E-state index is 12.8. The van der Waals surface area contributed by atoms with Crippen LogP contribution in [0.3, 0.4) is 0 Å². The smallest absolute Gasteiger partial charge is 0.298 e. The van der Waals surface area contributed by atoms with E-state index in [0.29, 0.717) is 29.1 Å². The Kier molecular flexibility index (Phi) is 5.95. The lowest BCUT2D eigenvalue weighted by Gasteiger charge is -2.26. The van der Waals surface area contributed by atoms with Gasteiger partial charge in [0.1, 0.15) is 11.5 Å². The van der Waals surface area contributed by atoms with Gasteiger partial charge in [-0.1, -0.05) is 84.9 Å². The topological polar surface area (TPSA) is 53.8 Å². The van der Waals surface area contributed by atoms with Crippen LogP contribution in [0.25, 0.3) is 27.6 Å². The van der Waals surface area contributed by atoms with Crippen LogP contribution in [-0.4, -0.2) is 10.4 Å². The second kappa shape index (κ2) is 9.91. The third-order valence-corrected chi connectivity index (χ3v) is 7.67. The maximum Gasteiger partial charge on any atom is 0.298 e. The minimum atomic E-state index is -0.331. The third kappa shape index (κ3) is 4.15. The fourth-order valence-corrected chi connectivity index (χ4v) is 5.87. The molecule has 0 unspecified atom stereocenters. The Morgan fingerprint density at radius 2 is 1.27 bits per heavy atom. The summed E-state index contributed by atoms with van der Waals surface area (Å²) in [5.74, 6) is 1.07. The summed E-state index contributed by atoms with van der Waals surface area (Å²) in [6.07, 6.45) is 1.64. The van der Waals surface area contributed by atoms with Gasteiger partial charge in [-0.25, -0.2) is 0 Å². The highest BCUT2D eigenvalue weighted by atomic mass is 32.2. The van der Waals surface area contributed by atoms with Crippen molar-refractivity contribution in [3.63, 3.8) is 0 Å². The van der Waals surface area contributed by atoms with Crippen LogP contribution in [-0.2, 0) is 4.79 Å². The Labute approximate surface area is 234 Å². The molecule has 0 radical (unpaired) electrons. The fraction of sp³-hybridized carbons (Fsp3) is 0. The van der Waals surface area contributed by atoms with Crippen LogP contribution in [0, 0.1) is 0 Å². The molecule has 5 nitrogen and oxygen atoms in total. The molecule has 0 spiro atoms. The zero-order valence-corrected chi connectivity index (χ0v) is 22.0. The Balaban J connectivity index is 1.40. The van der Waals surface area contributed by atoms with Crippen LogP contribution < -0.4 is 9.80 Å². The van der Waals surface area contributed by atoms with Crippen molar-refractivity contribution in [3.8, 4) is 0 Å². The molecule has 40 heavy (non-hydrogen) atoms. The van der Waals surface area contributed by atoms with Crippen LogP contribution in [0.5, 0.6) is 0 Å². The average Bonchev–Trinajstić information content (AvgIpc) is 3.57. The first-order valence-electron chi connectivity index (χ1n) is 12.9. The highest BCUT2D eigenvalue weighted by Gasteiger charge is 2.36. The number of thioether (sulfide) groups is 1. The number of para-hydroxylation sites is 2. The van der Waals surface area contributed by atoms with Gasteiger partial charge in [0.2, 0.25) is 11.0 Å². The zero-order chi connectivity index (χ0) is 27.1. The molecular formula is C34H22N2O3S. The van der Waals surface area contributed by atoms with E-state index >= 15 is 0 Å².